The highest BCUT2D eigenvalue weighted by atomic mass is 19.4. The maximum atomic E-state index is 12.4. The molecule has 0 saturated carbocycles. The van der Waals surface area contributed by atoms with Crippen molar-refractivity contribution in [2.45, 2.75) is 13.1 Å². The van der Waals surface area contributed by atoms with E-state index in [1.54, 1.807) is 18.2 Å². The summed E-state index contributed by atoms with van der Waals surface area (Å²) in [7, 11) is 0. The van der Waals surface area contributed by atoms with E-state index >= 15 is 0 Å². The number of alkyl halides is 3. The lowest BCUT2D eigenvalue weighted by Gasteiger charge is -2.11. The second-order valence-corrected chi connectivity index (χ2v) is 4.15. The molecule has 0 amide bonds. The minimum Gasteiger partial charge on any atom is -0.457 e. The van der Waals surface area contributed by atoms with Gasteiger partial charge < -0.3 is 10.5 Å². The van der Waals surface area contributed by atoms with Crippen molar-refractivity contribution < 1.29 is 17.9 Å². The summed E-state index contributed by atoms with van der Waals surface area (Å²) in [5.74, 6) is 0.862. The first-order chi connectivity index (χ1) is 8.86. The molecule has 0 atom stereocenters. The molecule has 2 aromatic carbocycles. The molecule has 2 N–H and O–H groups in total. The van der Waals surface area contributed by atoms with E-state index in [0.717, 1.165) is 17.7 Å². The van der Waals surface area contributed by atoms with Crippen molar-refractivity contribution in [2.24, 2.45) is 0 Å². The van der Waals surface area contributed by atoms with E-state index in [1.165, 1.54) is 12.1 Å². The Balaban J connectivity index is 2.22. The van der Waals surface area contributed by atoms with Gasteiger partial charge >= 0.3 is 6.18 Å². The standard InChI is InChI=1S/C14H12F3NO/c1-9-2-5-11(18)8-13(9)19-12-6-3-10(4-7-12)14(15,16)17/h2-8H,18H2,1H3. The summed E-state index contributed by atoms with van der Waals surface area (Å²) < 4.78 is 42.7. The number of rotatable bonds is 2. The number of hydrogen-bond donors (Lipinski definition) is 1. The van der Waals surface area contributed by atoms with E-state index in [9.17, 15) is 13.2 Å². The van der Waals surface area contributed by atoms with Crippen molar-refractivity contribution in [3.63, 3.8) is 0 Å². The average Bonchev–Trinajstić information content (AvgIpc) is 2.33. The third-order valence-corrected chi connectivity index (χ3v) is 2.62. The minimum atomic E-state index is -4.34. The second kappa shape index (κ2) is 4.84. The Labute approximate surface area is 108 Å². The van der Waals surface area contributed by atoms with Crippen molar-refractivity contribution >= 4 is 5.69 Å². The van der Waals surface area contributed by atoms with Crippen LogP contribution in [0.5, 0.6) is 11.5 Å². The number of hydrogen-bond acceptors (Lipinski definition) is 2. The fourth-order valence-corrected chi connectivity index (χ4v) is 1.57. The lowest BCUT2D eigenvalue weighted by atomic mass is 10.2. The molecule has 0 fully saturated rings. The van der Waals surface area contributed by atoms with Crippen molar-refractivity contribution in [1.29, 1.82) is 0 Å². The maximum Gasteiger partial charge on any atom is 0.416 e. The highest BCUT2D eigenvalue weighted by Crippen LogP contribution is 2.32. The molecule has 19 heavy (non-hydrogen) atoms. The zero-order valence-electron chi connectivity index (χ0n) is 10.2. The Hall–Kier alpha value is -2.17. The van der Waals surface area contributed by atoms with Gasteiger partial charge in [-0.25, -0.2) is 0 Å². The monoisotopic (exact) mass is 267 g/mol. The van der Waals surface area contributed by atoms with Crippen LogP contribution in [0.4, 0.5) is 18.9 Å². The Kier molecular flexibility index (Phi) is 3.38. The Morgan fingerprint density at radius 3 is 2.21 bits per heavy atom. The number of halogens is 3. The van der Waals surface area contributed by atoms with Crippen LogP contribution in [0.2, 0.25) is 0 Å². The van der Waals surface area contributed by atoms with E-state index in [4.69, 9.17) is 10.5 Å². The number of aryl methyl sites for hydroxylation is 1. The first kappa shape index (κ1) is 13.3. The van der Waals surface area contributed by atoms with E-state index in [2.05, 4.69) is 0 Å². The van der Waals surface area contributed by atoms with Crippen molar-refractivity contribution in [3.05, 3.63) is 53.6 Å². The van der Waals surface area contributed by atoms with E-state index < -0.39 is 11.7 Å². The van der Waals surface area contributed by atoms with Crippen LogP contribution < -0.4 is 10.5 Å². The lowest BCUT2D eigenvalue weighted by molar-refractivity contribution is -0.137. The quantitative estimate of drug-likeness (QED) is 0.819. The predicted octanol–water partition coefficient (Wildman–Crippen LogP) is 4.39. The largest absolute Gasteiger partial charge is 0.457 e. The van der Waals surface area contributed by atoms with E-state index in [0.29, 0.717) is 17.2 Å². The maximum absolute atomic E-state index is 12.4. The van der Waals surface area contributed by atoms with Crippen LogP contribution >= 0.6 is 0 Å². The predicted molar refractivity (Wildman–Crippen MR) is 67.1 cm³/mol. The van der Waals surface area contributed by atoms with Gasteiger partial charge in [0.05, 0.1) is 5.56 Å². The Bertz CT molecular complexity index is 576. The Morgan fingerprint density at radius 1 is 1.00 bits per heavy atom. The summed E-state index contributed by atoms with van der Waals surface area (Å²) in [6.07, 6.45) is -4.34. The fraction of sp³-hybridized carbons (Fsp3) is 0.143. The fourth-order valence-electron chi connectivity index (χ4n) is 1.57. The van der Waals surface area contributed by atoms with Crippen LogP contribution in [0.3, 0.4) is 0 Å². The van der Waals surface area contributed by atoms with Crippen LogP contribution in [0.25, 0.3) is 0 Å². The molecule has 0 bridgehead atoms. The molecule has 0 aliphatic rings. The number of nitrogen functional groups attached to an aromatic ring is 1. The molecule has 0 unspecified atom stereocenters. The van der Waals surface area contributed by atoms with Crippen LogP contribution in [-0.4, -0.2) is 0 Å². The summed E-state index contributed by atoms with van der Waals surface area (Å²) >= 11 is 0. The highest BCUT2D eigenvalue weighted by molar-refractivity contribution is 5.49. The molecule has 2 aromatic rings. The van der Waals surface area contributed by atoms with Crippen LogP contribution in [0.1, 0.15) is 11.1 Å². The first-order valence-corrected chi connectivity index (χ1v) is 5.57. The number of nitrogens with two attached hydrogens (primary N) is 1. The molecule has 0 heterocycles. The summed E-state index contributed by atoms with van der Waals surface area (Å²) in [6.45, 7) is 1.83. The molecule has 0 aliphatic heterocycles. The summed E-state index contributed by atoms with van der Waals surface area (Å²) in [6, 6.07) is 9.68. The van der Waals surface area contributed by atoms with Crippen LogP contribution in [0, 0.1) is 6.92 Å². The molecular formula is C14H12F3NO. The molecule has 0 aromatic heterocycles. The number of ether oxygens (including phenoxy) is 1. The van der Waals surface area contributed by atoms with Gasteiger partial charge in [-0.2, -0.15) is 13.2 Å². The zero-order chi connectivity index (χ0) is 14.0. The summed E-state index contributed by atoms with van der Waals surface area (Å²) in [4.78, 5) is 0. The number of benzene rings is 2. The average molecular weight is 267 g/mol. The first-order valence-electron chi connectivity index (χ1n) is 5.57. The minimum absolute atomic E-state index is 0.335. The summed E-state index contributed by atoms with van der Waals surface area (Å²) in [5, 5.41) is 0. The van der Waals surface area contributed by atoms with Crippen LogP contribution in [-0.2, 0) is 6.18 Å². The molecule has 0 spiro atoms. The summed E-state index contributed by atoms with van der Waals surface area (Å²) in [5.41, 5.74) is 6.32. The lowest BCUT2D eigenvalue weighted by Crippen LogP contribution is -2.04. The van der Waals surface area contributed by atoms with Gasteiger partial charge in [0.15, 0.2) is 0 Å². The van der Waals surface area contributed by atoms with Gasteiger partial charge in [0, 0.05) is 11.8 Å². The molecule has 0 radical (unpaired) electrons. The smallest absolute Gasteiger partial charge is 0.416 e. The van der Waals surface area contributed by atoms with Gasteiger partial charge in [-0.05, 0) is 42.8 Å². The highest BCUT2D eigenvalue weighted by Gasteiger charge is 2.30. The van der Waals surface area contributed by atoms with Gasteiger partial charge in [0.2, 0.25) is 0 Å². The number of anilines is 1. The molecule has 100 valence electrons. The van der Waals surface area contributed by atoms with Crippen molar-refractivity contribution in [2.75, 3.05) is 5.73 Å². The normalized spacial score (nSPS) is 11.4. The van der Waals surface area contributed by atoms with Crippen LogP contribution in [0.15, 0.2) is 42.5 Å². The molecule has 2 rings (SSSR count). The second-order valence-electron chi connectivity index (χ2n) is 4.15. The topological polar surface area (TPSA) is 35.2 Å². The van der Waals surface area contributed by atoms with Gasteiger partial charge in [0.1, 0.15) is 11.5 Å². The van der Waals surface area contributed by atoms with Crippen molar-refractivity contribution in [3.8, 4) is 11.5 Å². The third kappa shape index (κ3) is 3.19. The van der Waals surface area contributed by atoms with E-state index in [1.807, 2.05) is 6.92 Å². The van der Waals surface area contributed by atoms with Gasteiger partial charge in [0.25, 0.3) is 0 Å². The van der Waals surface area contributed by atoms with E-state index in [-0.39, 0.29) is 0 Å². The van der Waals surface area contributed by atoms with Gasteiger partial charge in [-0.1, -0.05) is 6.07 Å². The third-order valence-electron chi connectivity index (χ3n) is 2.62. The molecule has 2 nitrogen and oxygen atoms in total. The van der Waals surface area contributed by atoms with Gasteiger partial charge in [-0.15, -0.1) is 0 Å². The molecule has 0 saturated heterocycles. The van der Waals surface area contributed by atoms with Gasteiger partial charge in [-0.3, -0.25) is 0 Å². The molecule has 0 aliphatic carbocycles. The zero-order valence-corrected chi connectivity index (χ0v) is 10.2. The Morgan fingerprint density at radius 2 is 1.63 bits per heavy atom. The molecular weight excluding hydrogens is 255 g/mol. The SMILES string of the molecule is Cc1ccc(N)cc1Oc1ccc(C(F)(F)F)cc1. The van der Waals surface area contributed by atoms with Crippen molar-refractivity contribution in [1.82, 2.24) is 0 Å². The molecule has 5 heteroatoms.